The second-order valence-corrected chi connectivity index (χ2v) is 5.90. The number of aliphatic hydroxyl groups excluding tert-OH is 1. The molecular formula is C18H21N3O6. The molecule has 0 fully saturated rings. The van der Waals surface area contributed by atoms with Crippen LogP contribution in [0.3, 0.4) is 0 Å². The Morgan fingerprint density at radius 3 is 2.48 bits per heavy atom. The third-order valence-electron chi connectivity index (χ3n) is 4.24. The molecule has 1 atom stereocenters. The lowest BCUT2D eigenvalue weighted by atomic mass is 10.1. The molecule has 0 bridgehead atoms. The summed E-state index contributed by atoms with van der Waals surface area (Å²) in [6.07, 6.45) is -0.514. The number of nitrogens with zero attached hydrogens (tertiary/aromatic N) is 1. The largest absolute Gasteiger partial charge is 0.465 e. The minimum Gasteiger partial charge on any atom is -0.465 e. The average molecular weight is 375 g/mol. The van der Waals surface area contributed by atoms with E-state index in [0.29, 0.717) is 28.8 Å². The second-order valence-electron chi connectivity index (χ2n) is 5.90. The van der Waals surface area contributed by atoms with E-state index < -0.39 is 22.9 Å². The zero-order valence-corrected chi connectivity index (χ0v) is 15.2. The lowest BCUT2D eigenvalue weighted by Gasteiger charge is -2.12. The topological polar surface area (TPSA) is 135 Å². The number of H-pyrrole nitrogens is 1. The molecule has 0 saturated carbocycles. The van der Waals surface area contributed by atoms with Crippen molar-refractivity contribution in [2.75, 3.05) is 13.7 Å². The van der Waals surface area contributed by atoms with Crippen molar-refractivity contribution < 1.29 is 24.4 Å². The monoisotopic (exact) mass is 375 g/mol. The molecule has 0 radical (unpaired) electrons. The molecular weight excluding hydrogens is 354 g/mol. The molecule has 0 spiro atoms. The van der Waals surface area contributed by atoms with Gasteiger partial charge in [0, 0.05) is 24.4 Å². The van der Waals surface area contributed by atoms with Crippen LogP contribution < -0.4 is 5.32 Å². The van der Waals surface area contributed by atoms with E-state index in [2.05, 4.69) is 10.3 Å². The number of rotatable bonds is 7. The Labute approximate surface area is 155 Å². The van der Waals surface area contributed by atoms with Crippen molar-refractivity contribution in [2.24, 2.45) is 0 Å². The number of methoxy groups -OCH3 is 1. The van der Waals surface area contributed by atoms with Gasteiger partial charge in [0.2, 0.25) is 0 Å². The van der Waals surface area contributed by atoms with Crippen molar-refractivity contribution >= 4 is 17.6 Å². The normalized spacial score (nSPS) is 11.7. The molecule has 9 heteroatoms. The van der Waals surface area contributed by atoms with Crippen molar-refractivity contribution in [1.82, 2.24) is 10.3 Å². The van der Waals surface area contributed by atoms with Gasteiger partial charge in [0.15, 0.2) is 0 Å². The van der Waals surface area contributed by atoms with Crippen LogP contribution in [0.15, 0.2) is 24.3 Å². The van der Waals surface area contributed by atoms with Gasteiger partial charge in [-0.2, -0.15) is 0 Å². The molecule has 0 saturated heterocycles. The van der Waals surface area contributed by atoms with Crippen LogP contribution >= 0.6 is 0 Å². The van der Waals surface area contributed by atoms with Gasteiger partial charge in [0.1, 0.15) is 5.69 Å². The van der Waals surface area contributed by atoms with E-state index in [1.165, 1.54) is 31.4 Å². The smallest absolute Gasteiger partial charge is 0.339 e. The number of esters is 1. The van der Waals surface area contributed by atoms with Gasteiger partial charge in [-0.05, 0) is 36.6 Å². The Morgan fingerprint density at radius 1 is 1.33 bits per heavy atom. The number of benzene rings is 1. The van der Waals surface area contributed by atoms with E-state index in [4.69, 9.17) is 4.74 Å². The molecule has 9 nitrogen and oxygen atoms in total. The number of carbonyl (C=O) groups is 2. The quantitative estimate of drug-likeness (QED) is 0.385. The number of nitrogens with one attached hydrogen (secondary N) is 2. The van der Waals surface area contributed by atoms with Crippen LogP contribution in [-0.4, -0.2) is 40.5 Å². The molecule has 1 unspecified atom stereocenters. The maximum atomic E-state index is 12.4. The van der Waals surface area contributed by atoms with Gasteiger partial charge in [-0.1, -0.05) is 6.92 Å². The van der Waals surface area contributed by atoms with E-state index in [9.17, 15) is 24.8 Å². The number of nitro groups is 1. The Bertz CT molecular complexity index is 857. The Morgan fingerprint density at radius 2 is 1.96 bits per heavy atom. The van der Waals surface area contributed by atoms with Gasteiger partial charge < -0.3 is 20.1 Å². The van der Waals surface area contributed by atoms with Crippen LogP contribution in [-0.2, 0) is 11.2 Å². The Hall–Kier alpha value is -3.20. The van der Waals surface area contributed by atoms with Crippen LogP contribution in [0, 0.1) is 17.0 Å². The summed E-state index contributed by atoms with van der Waals surface area (Å²) in [4.78, 5) is 37.4. The molecule has 3 N–H and O–H groups in total. The fourth-order valence-electron chi connectivity index (χ4n) is 2.74. The van der Waals surface area contributed by atoms with Gasteiger partial charge in [0.05, 0.1) is 23.7 Å². The van der Waals surface area contributed by atoms with Crippen LogP contribution in [0.2, 0.25) is 0 Å². The number of aryl methyl sites for hydroxylation is 1. The highest BCUT2D eigenvalue weighted by molar-refractivity contribution is 6.00. The standard InChI is InChI=1S/C18H21N3O6/c1-4-13-15(18(24)27-3)10(2)16(20-13)17(23)19-9-14(22)11-5-7-12(8-6-11)21(25)26/h5-8,14,20,22H,4,9H2,1-3H3,(H,19,23). The second kappa shape index (κ2) is 8.45. The summed E-state index contributed by atoms with van der Waals surface area (Å²) in [5.41, 5.74) is 1.98. The Kier molecular flexibility index (Phi) is 6.30. The van der Waals surface area contributed by atoms with Gasteiger partial charge in [0.25, 0.3) is 11.6 Å². The van der Waals surface area contributed by atoms with Crippen LogP contribution in [0.4, 0.5) is 5.69 Å². The molecule has 1 amide bonds. The van der Waals surface area contributed by atoms with Crippen LogP contribution in [0.25, 0.3) is 0 Å². The molecule has 27 heavy (non-hydrogen) atoms. The lowest BCUT2D eigenvalue weighted by Crippen LogP contribution is -2.29. The predicted octanol–water partition coefficient (Wildman–Crippen LogP) is 2.04. The summed E-state index contributed by atoms with van der Waals surface area (Å²) in [7, 11) is 1.27. The van der Waals surface area contributed by atoms with E-state index in [-0.39, 0.29) is 17.9 Å². The van der Waals surface area contributed by atoms with E-state index in [1.807, 2.05) is 6.92 Å². The number of ether oxygens (including phenoxy) is 1. The summed E-state index contributed by atoms with van der Waals surface area (Å²) in [5, 5.41) is 23.4. The molecule has 0 aliphatic heterocycles. The molecule has 144 valence electrons. The van der Waals surface area contributed by atoms with Gasteiger partial charge in [-0.3, -0.25) is 14.9 Å². The van der Waals surface area contributed by atoms with Crippen LogP contribution in [0.5, 0.6) is 0 Å². The number of hydrogen-bond acceptors (Lipinski definition) is 6. The molecule has 1 aromatic heterocycles. The van der Waals surface area contributed by atoms with E-state index in [1.54, 1.807) is 6.92 Å². The average Bonchev–Trinajstić information content (AvgIpc) is 3.01. The predicted molar refractivity (Wildman–Crippen MR) is 96.6 cm³/mol. The van der Waals surface area contributed by atoms with Crippen molar-refractivity contribution in [3.05, 3.63) is 62.5 Å². The number of aromatic amines is 1. The summed E-state index contributed by atoms with van der Waals surface area (Å²) < 4.78 is 4.76. The minimum absolute atomic E-state index is 0.0839. The number of non-ortho nitro benzene ring substituents is 1. The highest BCUT2D eigenvalue weighted by Crippen LogP contribution is 2.21. The maximum absolute atomic E-state index is 12.4. The Balaban J connectivity index is 2.10. The third-order valence-corrected chi connectivity index (χ3v) is 4.24. The molecule has 1 aromatic carbocycles. The number of carbonyl (C=O) groups excluding carboxylic acids is 2. The zero-order chi connectivity index (χ0) is 20.1. The number of nitro benzene ring substituents is 1. The highest BCUT2D eigenvalue weighted by Gasteiger charge is 2.24. The minimum atomic E-state index is -1.03. The van der Waals surface area contributed by atoms with Crippen molar-refractivity contribution in [2.45, 2.75) is 26.4 Å². The first-order chi connectivity index (χ1) is 12.8. The zero-order valence-electron chi connectivity index (χ0n) is 15.2. The fourth-order valence-corrected chi connectivity index (χ4v) is 2.74. The third kappa shape index (κ3) is 4.32. The summed E-state index contributed by atoms with van der Waals surface area (Å²) in [6, 6.07) is 5.43. The number of hydrogen-bond donors (Lipinski definition) is 3. The van der Waals surface area contributed by atoms with Gasteiger partial charge in [-0.15, -0.1) is 0 Å². The fraction of sp³-hybridized carbons (Fsp3) is 0.333. The molecule has 2 rings (SSSR count). The summed E-state index contributed by atoms with van der Waals surface area (Å²) in [5.74, 6) is -0.996. The van der Waals surface area contributed by atoms with Crippen molar-refractivity contribution in [1.29, 1.82) is 0 Å². The number of amides is 1. The van der Waals surface area contributed by atoms with E-state index in [0.717, 1.165) is 0 Å². The first kappa shape index (κ1) is 20.1. The summed E-state index contributed by atoms with van der Waals surface area (Å²) in [6.45, 7) is 3.39. The first-order valence-corrected chi connectivity index (χ1v) is 8.30. The molecule has 2 aromatic rings. The number of aliphatic hydroxyl groups is 1. The molecule has 0 aliphatic carbocycles. The SMILES string of the molecule is CCc1[nH]c(C(=O)NCC(O)c2ccc([N+](=O)[O-])cc2)c(C)c1C(=O)OC. The highest BCUT2D eigenvalue weighted by atomic mass is 16.6. The first-order valence-electron chi connectivity index (χ1n) is 8.30. The molecule has 1 heterocycles. The lowest BCUT2D eigenvalue weighted by molar-refractivity contribution is -0.384. The maximum Gasteiger partial charge on any atom is 0.339 e. The van der Waals surface area contributed by atoms with Gasteiger partial charge in [-0.25, -0.2) is 4.79 Å². The molecule has 0 aliphatic rings. The number of aromatic nitrogens is 1. The van der Waals surface area contributed by atoms with Crippen molar-refractivity contribution in [3.63, 3.8) is 0 Å². The van der Waals surface area contributed by atoms with Gasteiger partial charge >= 0.3 is 5.97 Å². The van der Waals surface area contributed by atoms with E-state index >= 15 is 0 Å². The van der Waals surface area contributed by atoms with Crippen molar-refractivity contribution in [3.8, 4) is 0 Å². The van der Waals surface area contributed by atoms with Crippen LogP contribution in [0.1, 0.15) is 50.7 Å². The summed E-state index contributed by atoms with van der Waals surface area (Å²) >= 11 is 0.